The highest BCUT2D eigenvalue weighted by atomic mass is 15.3. The lowest BCUT2D eigenvalue weighted by molar-refractivity contribution is -0.0258. The van der Waals surface area contributed by atoms with E-state index >= 15 is 0 Å². The predicted molar refractivity (Wildman–Crippen MR) is 81.3 cm³/mol. The van der Waals surface area contributed by atoms with Crippen LogP contribution in [0.25, 0.3) is 0 Å². The highest BCUT2D eigenvalue weighted by Gasteiger charge is 2.46. The van der Waals surface area contributed by atoms with E-state index in [2.05, 4.69) is 37.5 Å². The SMILES string of the molecule is CC(C)C1CN2CCCC2CN1C1CCCC1(C)C. The summed E-state index contributed by atoms with van der Waals surface area (Å²) in [7, 11) is 0. The van der Waals surface area contributed by atoms with E-state index in [9.17, 15) is 0 Å². The monoisotopic (exact) mass is 264 g/mol. The second-order valence-corrected chi connectivity index (χ2v) is 8.20. The van der Waals surface area contributed by atoms with Gasteiger partial charge in [-0.15, -0.1) is 0 Å². The summed E-state index contributed by atoms with van der Waals surface area (Å²) < 4.78 is 0. The minimum atomic E-state index is 0.536. The van der Waals surface area contributed by atoms with Crippen molar-refractivity contribution in [3.63, 3.8) is 0 Å². The van der Waals surface area contributed by atoms with Crippen molar-refractivity contribution in [3.8, 4) is 0 Å². The van der Waals surface area contributed by atoms with Crippen LogP contribution >= 0.6 is 0 Å². The molecule has 110 valence electrons. The Labute approximate surface area is 119 Å². The molecule has 0 spiro atoms. The Bertz CT molecular complexity index is 323. The lowest BCUT2D eigenvalue weighted by Gasteiger charge is -2.51. The Morgan fingerprint density at radius 2 is 1.84 bits per heavy atom. The van der Waals surface area contributed by atoms with Gasteiger partial charge in [-0.05, 0) is 43.6 Å². The Hall–Kier alpha value is -0.0800. The zero-order valence-electron chi connectivity index (χ0n) is 13.4. The van der Waals surface area contributed by atoms with E-state index in [-0.39, 0.29) is 0 Å². The van der Waals surface area contributed by atoms with Gasteiger partial charge in [-0.2, -0.15) is 0 Å². The molecule has 0 amide bonds. The second-order valence-electron chi connectivity index (χ2n) is 8.20. The summed E-state index contributed by atoms with van der Waals surface area (Å²) in [6, 6.07) is 2.49. The van der Waals surface area contributed by atoms with Crippen LogP contribution in [-0.4, -0.2) is 47.6 Å². The van der Waals surface area contributed by atoms with E-state index in [4.69, 9.17) is 0 Å². The van der Waals surface area contributed by atoms with Gasteiger partial charge in [0, 0.05) is 31.2 Å². The van der Waals surface area contributed by atoms with Gasteiger partial charge in [0.05, 0.1) is 0 Å². The molecule has 1 aliphatic carbocycles. The number of piperazine rings is 1. The van der Waals surface area contributed by atoms with Crippen LogP contribution in [0.15, 0.2) is 0 Å². The van der Waals surface area contributed by atoms with Crippen LogP contribution in [-0.2, 0) is 0 Å². The summed E-state index contributed by atoms with van der Waals surface area (Å²) in [5.74, 6) is 0.790. The highest BCUT2D eigenvalue weighted by Crippen LogP contribution is 2.43. The van der Waals surface area contributed by atoms with Gasteiger partial charge in [-0.3, -0.25) is 9.80 Å². The van der Waals surface area contributed by atoms with Crippen molar-refractivity contribution >= 4 is 0 Å². The first-order chi connectivity index (χ1) is 8.99. The molecule has 0 aromatic carbocycles. The third kappa shape index (κ3) is 2.47. The maximum atomic E-state index is 2.93. The van der Waals surface area contributed by atoms with Crippen molar-refractivity contribution in [1.29, 1.82) is 0 Å². The van der Waals surface area contributed by atoms with Gasteiger partial charge >= 0.3 is 0 Å². The molecule has 0 radical (unpaired) electrons. The van der Waals surface area contributed by atoms with E-state index in [1.54, 1.807) is 0 Å². The number of fused-ring (bicyclic) bond motifs is 1. The van der Waals surface area contributed by atoms with Crippen molar-refractivity contribution in [2.45, 2.75) is 77.9 Å². The maximum Gasteiger partial charge on any atom is 0.0250 e. The summed E-state index contributed by atoms with van der Waals surface area (Å²) in [6.45, 7) is 13.9. The van der Waals surface area contributed by atoms with Gasteiger partial charge < -0.3 is 0 Å². The Kier molecular flexibility index (Phi) is 3.68. The van der Waals surface area contributed by atoms with Crippen molar-refractivity contribution < 1.29 is 0 Å². The van der Waals surface area contributed by atoms with Crippen LogP contribution in [0.3, 0.4) is 0 Å². The van der Waals surface area contributed by atoms with Crippen molar-refractivity contribution in [1.82, 2.24) is 9.80 Å². The fourth-order valence-corrected chi connectivity index (χ4v) is 4.94. The molecule has 2 saturated heterocycles. The zero-order valence-corrected chi connectivity index (χ0v) is 13.4. The van der Waals surface area contributed by atoms with Gasteiger partial charge in [-0.25, -0.2) is 0 Å². The lowest BCUT2D eigenvalue weighted by atomic mass is 9.83. The first-order valence-corrected chi connectivity index (χ1v) is 8.49. The van der Waals surface area contributed by atoms with Crippen LogP contribution < -0.4 is 0 Å². The normalized spacial score (nSPS) is 39.9. The second kappa shape index (κ2) is 5.04. The molecule has 2 heterocycles. The lowest BCUT2D eigenvalue weighted by Crippen LogP contribution is -2.62. The number of rotatable bonds is 2. The first kappa shape index (κ1) is 13.9. The largest absolute Gasteiger partial charge is 0.298 e. The summed E-state index contributed by atoms with van der Waals surface area (Å²) >= 11 is 0. The Morgan fingerprint density at radius 3 is 2.47 bits per heavy atom. The number of hydrogen-bond donors (Lipinski definition) is 0. The molecular weight excluding hydrogens is 232 g/mol. The van der Waals surface area contributed by atoms with Crippen molar-refractivity contribution in [2.75, 3.05) is 19.6 Å². The highest BCUT2D eigenvalue weighted by molar-refractivity contribution is 5.01. The van der Waals surface area contributed by atoms with Crippen LogP contribution in [0.5, 0.6) is 0 Å². The quantitative estimate of drug-likeness (QED) is 0.754. The summed E-state index contributed by atoms with van der Waals surface area (Å²) in [6.07, 6.45) is 7.16. The molecule has 1 saturated carbocycles. The minimum absolute atomic E-state index is 0.536. The third-order valence-electron chi connectivity index (χ3n) is 6.14. The maximum absolute atomic E-state index is 2.93. The van der Waals surface area contributed by atoms with Crippen molar-refractivity contribution in [2.24, 2.45) is 11.3 Å². The third-order valence-corrected chi connectivity index (χ3v) is 6.14. The fourth-order valence-electron chi connectivity index (χ4n) is 4.94. The fraction of sp³-hybridized carbons (Fsp3) is 1.00. The van der Waals surface area contributed by atoms with Crippen LogP contribution in [0.4, 0.5) is 0 Å². The zero-order chi connectivity index (χ0) is 13.6. The van der Waals surface area contributed by atoms with E-state index in [1.165, 1.54) is 51.7 Å². The molecular formula is C17H32N2. The molecule has 2 aliphatic heterocycles. The molecule has 3 unspecified atom stereocenters. The molecule has 2 heteroatoms. The average Bonchev–Trinajstić information content (AvgIpc) is 2.92. The smallest absolute Gasteiger partial charge is 0.0250 e. The van der Waals surface area contributed by atoms with E-state index in [0.717, 1.165) is 24.0 Å². The van der Waals surface area contributed by atoms with Gasteiger partial charge in [0.15, 0.2) is 0 Å². The van der Waals surface area contributed by atoms with E-state index < -0.39 is 0 Å². The Balaban J connectivity index is 1.80. The van der Waals surface area contributed by atoms with Gasteiger partial charge in [0.2, 0.25) is 0 Å². The molecule has 19 heavy (non-hydrogen) atoms. The minimum Gasteiger partial charge on any atom is -0.298 e. The first-order valence-electron chi connectivity index (χ1n) is 8.49. The Morgan fingerprint density at radius 1 is 1.05 bits per heavy atom. The van der Waals surface area contributed by atoms with E-state index in [1.807, 2.05) is 0 Å². The molecule has 2 nitrogen and oxygen atoms in total. The molecule has 0 N–H and O–H groups in total. The summed E-state index contributed by atoms with van der Waals surface area (Å²) in [4.78, 5) is 5.72. The standard InChI is InChI=1S/C17H32N2/c1-13(2)15-12-18-10-6-7-14(18)11-19(15)16-8-5-9-17(16,3)4/h13-16H,5-12H2,1-4H3. The average molecular weight is 264 g/mol. The van der Waals surface area contributed by atoms with Crippen molar-refractivity contribution in [3.05, 3.63) is 0 Å². The van der Waals surface area contributed by atoms with Crippen LogP contribution in [0.2, 0.25) is 0 Å². The summed E-state index contributed by atoms with van der Waals surface area (Å²) in [5, 5.41) is 0. The molecule has 0 aromatic heterocycles. The number of hydrogen-bond acceptors (Lipinski definition) is 2. The molecule has 3 atom stereocenters. The molecule has 3 aliphatic rings. The summed E-state index contributed by atoms with van der Waals surface area (Å²) in [5.41, 5.74) is 0.536. The van der Waals surface area contributed by atoms with Gasteiger partial charge in [-0.1, -0.05) is 34.1 Å². The van der Waals surface area contributed by atoms with Crippen LogP contribution in [0, 0.1) is 11.3 Å². The topological polar surface area (TPSA) is 6.48 Å². The molecule has 3 fully saturated rings. The number of nitrogens with zero attached hydrogens (tertiary/aromatic N) is 2. The van der Waals surface area contributed by atoms with Gasteiger partial charge in [0.1, 0.15) is 0 Å². The predicted octanol–water partition coefficient (Wildman–Crippen LogP) is 3.37. The van der Waals surface area contributed by atoms with Gasteiger partial charge in [0.25, 0.3) is 0 Å². The molecule has 3 rings (SSSR count). The van der Waals surface area contributed by atoms with Crippen LogP contribution in [0.1, 0.15) is 59.8 Å². The molecule has 0 bridgehead atoms. The van der Waals surface area contributed by atoms with E-state index in [0.29, 0.717) is 5.41 Å². The molecule has 0 aromatic rings.